The molecule has 5 nitrogen and oxygen atoms in total. The molecule has 0 heterocycles. The van der Waals surface area contributed by atoms with Gasteiger partial charge in [0.2, 0.25) is 0 Å². The highest BCUT2D eigenvalue weighted by molar-refractivity contribution is 5.94. The molecule has 24 heavy (non-hydrogen) atoms. The lowest BCUT2D eigenvalue weighted by molar-refractivity contribution is 0.0925. The van der Waals surface area contributed by atoms with Gasteiger partial charge >= 0.3 is 6.03 Å². The highest BCUT2D eigenvalue weighted by Gasteiger charge is 2.18. The van der Waals surface area contributed by atoms with E-state index in [2.05, 4.69) is 24.5 Å². The number of hydrogen-bond donors (Lipinski definition) is 3. The van der Waals surface area contributed by atoms with Crippen LogP contribution in [0.1, 0.15) is 41.4 Å². The maximum atomic E-state index is 12.5. The highest BCUT2D eigenvalue weighted by Crippen LogP contribution is 2.22. The predicted molar refractivity (Wildman–Crippen MR) is 94.4 cm³/mol. The van der Waals surface area contributed by atoms with Crippen LogP contribution in [-0.4, -0.2) is 11.9 Å². The van der Waals surface area contributed by atoms with Gasteiger partial charge in [0.05, 0.1) is 6.04 Å². The largest absolute Gasteiger partial charge is 0.352 e. The van der Waals surface area contributed by atoms with Crippen LogP contribution in [0.15, 0.2) is 54.6 Å². The summed E-state index contributed by atoms with van der Waals surface area (Å²) in [5, 5.41) is 5.61. The van der Waals surface area contributed by atoms with Crippen molar-refractivity contribution in [2.24, 2.45) is 11.7 Å². The summed E-state index contributed by atoms with van der Waals surface area (Å²) in [5.41, 5.74) is 7.59. The first-order chi connectivity index (χ1) is 11.5. The smallest absolute Gasteiger partial charge is 0.312 e. The van der Waals surface area contributed by atoms with E-state index < -0.39 is 6.03 Å². The van der Waals surface area contributed by atoms with Crippen molar-refractivity contribution in [1.29, 1.82) is 0 Å². The van der Waals surface area contributed by atoms with Crippen LogP contribution in [0.25, 0.3) is 0 Å². The van der Waals surface area contributed by atoms with E-state index in [4.69, 9.17) is 5.73 Å². The number of benzene rings is 2. The SMILES string of the molecule is CC(C)[C@H](NC(=O)c1ccc(CNC(N)=O)cc1)c1ccccc1. The first-order valence-corrected chi connectivity index (χ1v) is 7.95. The maximum absolute atomic E-state index is 12.5. The number of amides is 3. The number of nitrogens with two attached hydrogens (primary N) is 1. The summed E-state index contributed by atoms with van der Waals surface area (Å²) in [4.78, 5) is 23.2. The number of primary amides is 1. The fourth-order valence-corrected chi connectivity index (χ4v) is 2.48. The topological polar surface area (TPSA) is 84.2 Å². The Balaban J connectivity index is 2.06. The molecule has 1 atom stereocenters. The molecular formula is C19H23N3O2. The monoisotopic (exact) mass is 325 g/mol. The van der Waals surface area contributed by atoms with E-state index in [1.54, 1.807) is 24.3 Å². The summed E-state index contributed by atoms with van der Waals surface area (Å²) in [6.45, 7) is 4.50. The number of urea groups is 1. The fourth-order valence-electron chi connectivity index (χ4n) is 2.48. The van der Waals surface area contributed by atoms with Gasteiger partial charge in [-0.05, 0) is 29.2 Å². The molecule has 0 unspecified atom stereocenters. The van der Waals surface area contributed by atoms with Gasteiger partial charge in [0, 0.05) is 12.1 Å². The summed E-state index contributed by atoms with van der Waals surface area (Å²) in [5.74, 6) is 0.155. The van der Waals surface area contributed by atoms with E-state index in [1.165, 1.54) is 0 Å². The second-order valence-corrected chi connectivity index (χ2v) is 6.02. The van der Waals surface area contributed by atoms with Crippen molar-refractivity contribution in [2.45, 2.75) is 26.4 Å². The Morgan fingerprint density at radius 2 is 1.62 bits per heavy atom. The van der Waals surface area contributed by atoms with E-state index in [0.717, 1.165) is 11.1 Å². The van der Waals surface area contributed by atoms with Crippen LogP contribution in [0.2, 0.25) is 0 Å². The minimum atomic E-state index is -0.570. The average Bonchev–Trinajstić information content (AvgIpc) is 2.58. The molecule has 0 fully saturated rings. The highest BCUT2D eigenvalue weighted by atomic mass is 16.2. The molecule has 126 valence electrons. The molecule has 4 N–H and O–H groups in total. The second-order valence-electron chi connectivity index (χ2n) is 6.02. The molecule has 2 rings (SSSR count). The van der Waals surface area contributed by atoms with Crippen molar-refractivity contribution in [3.05, 3.63) is 71.3 Å². The molecule has 5 heteroatoms. The van der Waals surface area contributed by atoms with E-state index in [-0.39, 0.29) is 17.9 Å². The Hall–Kier alpha value is -2.82. The molecule has 0 bridgehead atoms. The van der Waals surface area contributed by atoms with Gasteiger partial charge < -0.3 is 16.4 Å². The fraction of sp³-hybridized carbons (Fsp3) is 0.263. The van der Waals surface area contributed by atoms with Crippen LogP contribution in [0.4, 0.5) is 4.79 Å². The number of nitrogens with one attached hydrogen (secondary N) is 2. The van der Waals surface area contributed by atoms with Crippen LogP contribution >= 0.6 is 0 Å². The average molecular weight is 325 g/mol. The number of carbonyl (C=O) groups is 2. The Kier molecular flexibility index (Phi) is 5.95. The zero-order valence-electron chi connectivity index (χ0n) is 14.0. The Bertz CT molecular complexity index is 682. The number of rotatable bonds is 6. The molecule has 0 aliphatic rings. The van der Waals surface area contributed by atoms with E-state index in [0.29, 0.717) is 12.1 Å². The normalized spacial score (nSPS) is 11.8. The van der Waals surface area contributed by atoms with Crippen molar-refractivity contribution < 1.29 is 9.59 Å². The van der Waals surface area contributed by atoms with Crippen LogP contribution in [0, 0.1) is 5.92 Å². The Morgan fingerprint density at radius 3 is 2.17 bits per heavy atom. The summed E-state index contributed by atoms with van der Waals surface area (Å²) >= 11 is 0. The van der Waals surface area contributed by atoms with Crippen LogP contribution in [-0.2, 0) is 6.54 Å². The third kappa shape index (κ3) is 4.84. The van der Waals surface area contributed by atoms with Crippen LogP contribution < -0.4 is 16.4 Å². The van der Waals surface area contributed by atoms with E-state index in [9.17, 15) is 9.59 Å². The summed E-state index contributed by atoms with van der Waals surface area (Å²) in [6.07, 6.45) is 0. The zero-order valence-corrected chi connectivity index (χ0v) is 14.0. The molecule has 0 radical (unpaired) electrons. The molecule has 2 aromatic rings. The minimum Gasteiger partial charge on any atom is -0.352 e. The van der Waals surface area contributed by atoms with Gasteiger partial charge in [-0.3, -0.25) is 4.79 Å². The van der Waals surface area contributed by atoms with Crippen molar-refractivity contribution >= 4 is 11.9 Å². The molecular weight excluding hydrogens is 302 g/mol. The van der Waals surface area contributed by atoms with Crippen LogP contribution in [0.5, 0.6) is 0 Å². The Morgan fingerprint density at radius 1 is 1.00 bits per heavy atom. The van der Waals surface area contributed by atoms with Gasteiger partial charge in [-0.25, -0.2) is 4.79 Å². The molecule has 3 amide bonds. The standard InChI is InChI=1S/C19H23N3O2/c1-13(2)17(15-6-4-3-5-7-15)22-18(23)16-10-8-14(9-11-16)12-21-19(20)24/h3-11,13,17H,12H2,1-2H3,(H,22,23)(H3,20,21,24)/t17-/m0/s1. The Labute approximate surface area is 142 Å². The van der Waals surface area contributed by atoms with Crippen molar-refractivity contribution in [3.8, 4) is 0 Å². The second kappa shape index (κ2) is 8.15. The molecule has 0 aliphatic carbocycles. The molecule has 0 aromatic heterocycles. The summed E-state index contributed by atoms with van der Waals surface area (Å²) < 4.78 is 0. The first-order valence-electron chi connectivity index (χ1n) is 7.95. The van der Waals surface area contributed by atoms with Gasteiger partial charge in [0.1, 0.15) is 0 Å². The van der Waals surface area contributed by atoms with Crippen molar-refractivity contribution in [1.82, 2.24) is 10.6 Å². The van der Waals surface area contributed by atoms with Crippen LogP contribution in [0.3, 0.4) is 0 Å². The molecule has 0 aliphatic heterocycles. The molecule has 2 aromatic carbocycles. The lowest BCUT2D eigenvalue weighted by Gasteiger charge is -2.23. The molecule has 0 spiro atoms. The maximum Gasteiger partial charge on any atom is 0.312 e. The molecule has 0 saturated heterocycles. The predicted octanol–water partition coefficient (Wildman–Crippen LogP) is 2.98. The third-order valence-electron chi connectivity index (χ3n) is 3.79. The number of carbonyl (C=O) groups excluding carboxylic acids is 2. The minimum absolute atomic E-state index is 0.0464. The lowest BCUT2D eigenvalue weighted by Crippen LogP contribution is -2.31. The van der Waals surface area contributed by atoms with Gasteiger partial charge in [0.25, 0.3) is 5.91 Å². The number of hydrogen-bond acceptors (Lipinski definition) is 2. The van der Waals surface area contributed by atoms with E-state index >= 15 is 0 Å². The van der Waals surface area contributed by atoms with Gasteiger partial charge in [0.15, 0.2) is 0 Å². The third-order valence-corrected chi connectivity index (χ3v) is 3.79. The van der Waals surface area contributed by atoms with Crippen molar-refractivity contribution in [3.63, 3.8) is 0 Å². The van der Waals surface area contributed by atoms with Gasteiger partial charge in [-0.2, -0.15) is 0 Å². The lowest BCUT2D eigenvalue weighted by atomic mass is 9.95. The van der Waals surface area contributed by atoms with E-state index in [1.807, 2.05) is 30.3 Å². The van der Waals surface area contributed by atoms with Crippen molar-refractivity contribution in [2.75, 3.05) is 0 Å². The van der Waals surface area contributed by atoms with Gasteiger partial charge in [-0.1, -0.05) is 56.3 Å². The van der Waals surface area contributed by atoms with Gasteiger partial charge in [-0.15, -0.1) is 0 Å². The quantitative estimate of drug-likeness (QED) is 0.763. The summed E-state index contributed by atoms with van der Waals surface area (Å²) in [6, 6.07) is 16.4. The summed E-state index contributed by atoms with van der Waals surface area (Å²) in [7, 11) is 0. The molecule has 0 saturated carbocycles. The zero-order chi connectivity index (χ0) is 17.5. The first kappa shape index (κ1) is 17.5.